The lowest BCUT2D eigenvalue weighted by Gasteiger charge is -2.07. The first kappa shape index (κ1) is 10.6. The Morgan fingerprint density at radius 3 is 2.86 bits per heavy atom. The maximum Gasteiger partial charge on any atom is 0.345 e. The Balaban J connectivity index is 2.86. The number of nitrogens with one attached hydrogen (secondary N) is 1. The molecule has 0 radical (unpaired) electrons. The molecule has 5 heteroatoms. The van der Waals surface area contributed by atoms with Crippen LogP contribution in [0.25, 0.3) is 0 Å². The van der Waals surface area contributed by atoms with Crippen LogP contribution in [0, 0.1) is 0 Å². The summed E-state index contributed by atoms with van der Waals surface area (Å²) in [6.45, 7) is 4.74. The van der Waals surface area contributed by atoms with Gasteiger partial charge in [-0.15, -0.1) is 0 Å². The molecule has 0 fully saturated rings. The lowest BCUT2D eigenvalue weighted by molar-refractivity contribution is -0.138. The number of aliphatic hydroxyl groups excluding tert-OH is 1. The quantitative estimate of drug-likeness (QED) is 0.391. The van der Waals surface area contributed by atoms with Crippen molar-refractivity contribution < 1.29 is 14.6 Å². The second-order valence-electron chi connectivity index (χ2n) is 2.84. The first-order chi connectivity index (χ1) is 6.66. The van der Waals surface area contributed by atoms with E-state index in [4.69, 9.17) is 4.74 Å². The van der Waals surface area contributed by atoms with Crippen molar-refractivity contribution in [3.05, 3.63) is 11.3 Å². The smallest absolute Gasteiger partial charge is 0.345 e. The molecule has 1 aliphatic rings. The monoisotopic (exact) mass is 198 g/mol. The van der Waals surface area contributed by atoms with E-state index in [1.807, 2.05) is 0 Å². The Kier molecular flexibility index (Phi) is 3.50. The fraction of sp³-hybridized carbons (Fsp3) is 0.556. The molecule has 0 atom stereocenters. The molecule has 1 rings (SSSR count). The van der Waals surface area contributed by atoms with E-state index < -0.39 is 5.97 Å². The van der Waals surface area contributed by atoms with Gasteiger partial charge in [-0.25, -0.2) is 4.79 Å². The number of rotatable bonds is 3. The SMILES string of the molecule is CCOC(=O)/C(C1=NCCN1)=C(\C)O. The van der Waals surface area contributed by atoms with Gasteiger partial charge >= 0.3 is 5.97 Å². The number of carbonyl (C=O) groups is 1. The molecule has 0 bridgehead atoms. The van der Waals surface area contributed by atoms with Gasteiger partial charge in [0.25, 0.3) is 0 Å². The van der Waals surface area contributed by atoms with Crippen LogP contribution < -0.4 is 5.32 Å². The zero-order valence-corrected chi connectivity index (χ0v) is 8.33. The van der Waals surface area contributed by atoms with Crippen LogP contribution in [0.1, 0.15) is 13.8 Å². The molecule has 0 aromatic carbocycles. The zero-order valence-electron chi connectivity index (χ0n) is 8.33. The van der Waals surface area contributed by atoms with Gasteiger partial charge in [0.15, 0.2) is 0 Å². The lowest BCUT2D eigenvalue weighted by Crippen LogP contribution is -2.27. The molecule has 2 N–H and O–H groups in total. The average molecular weight is 198 g/mol. The van der Waals surface area contributed by atoms with Crippen LogP contribution in [0.15, 0.2) is 16.3 Å². The molecule has 5 nitrogen and oxygen atoms in total. The van der Waals surface area contributed by atoms with E-state index in [9.17, 15) is 9.90 Å². The molecule has 78 valence electrons. The number of carbonyl (C=O) groups excluding carboxylic acids is 1. The van der Waals surface area contributed by atoms with Crippen molar-refractivity contribution in [3.63, 3.8) is 0 Å². The number of hydrogen-bond donors (Lipinski definition) is 2. The minimum Gasteiger partial charge on any atom is -0.512 e. The van der Waals surface area contributed by atoms with Crippen molar-refractivity contribution in [2.45, 2.75) is 13.8 Å². The molecule has 14 heavy (non-hydrogen) atoms. The lowest BCUT2D eigenvalue weighted by atomic mass is 10.2. The summed E-state index contributed by atoms with van der Waals surface area (Å²) in [6, 6.07) is 0. The molecule has 0 saturated heterocycles. The first-order valence-electron chi connectivity index (χ1n) is 4.52. The molecule has 0 aliphatic carbocycles. The van der Waals surface area contributed by atoms with Gasteiger partial charge in [0.1, 0.15) is 17.2 Å². The average Bonchev–Trinajstić information content (AvgIpc) is 2.57. The third kappa shape index (κ3) is 2.25. The molecule has 0 amide bonds. The summed E-state index contributed by atoms with van der Waals surface area (Å²) >= 11 is 0. The maximum absolute atomic E-state index is 11.4. The van der Waals surface area contributed by atoms with Gasteiger partial charge in [0.2, 0.25) is 0 Å². The van der Waals surface area contributed by atoms with Gasteiger partial charge in [-0.2, -0.15) is 0 Å². The van der Waals surface area contributed by atoms with E-state index in [1.54, 1.807) is 6.92 Å². The molecule has 0 saturated carbocycles. The van der Waals surface area contributed by atoms with Crippen molar-refractivity contribution in [1.29, 1.82) is 0 Å². The number of nitrogens with zero attached hydrogens (tertiary/aromatic N) is 1. The van der Waals surface area contributed by atoms with Gasteiger partial charge in [0, 0.05) is 6.54 Å². The second-order valence-corrected chi connectivity index (χ2v) is 2.84. The highest BCUT2D eigenvalue weighted by atomic mass is 16.5. The van der Waals surface area contributed by atoms with Crippen molar-refractivity contribution in [2.24, 2.45) is 4.99 Å². The van der Waals surface area contributed by atoms with Crippen LogP contribution in [-0.2, 0) is 9.53 Å². The first-order valence-corrected chi connectivity index (χ1v) is 4.52. The van der Waals surface area contributed by atoms with Crippen molar-refractivity contribution in [1.82, 2.24) is 5.32 Å². The Morgan fingerprint density at radius 1 is 1.71 bits per heavy atom. The number of amidine groups is 1. The second kappa shape index (κ2) is 4.64. The Bertz CT molecular complexity index is 290. The third-order valence-electron chi connectivity index (χ3n) is 1.75. The van der Waals surface area contributed by atoms with Crippen molar-refractivity contribution >= 4 is 11.8 Å². The highest BCUT2D eigenvalue weighted by molar-refractivity contribution is 6.19. The summed E-state index contributed by atoms with van der Waals surface area (Å²) in [5.74, 6) is -0.194. The van der Waals surface area contributed by atoms with E-state index in [-0.39, 0.29) is 17.9 Å². The minimum atomic E-state index is -0.541. The number of aliphatic hydroxyl groups is 1. The zero-order chi connectivity index (χ0) is 10.6. The summed E-state index contributed by atoms with van der Waals surface area (Å²) in [5, 5.41) is 12.2. The molecule has 0 spiro atoms. The predicted octanol–water partition coefficient (Wildman–Crippen LogP) is 0.383. The van der Waals surface area contributed by atoms with Gasteiger partial charge in [-0.1, -0.05) is 0 Å². The number of ether oxygens (including phenoxy) is 1. The van der Waals surface area contributed by atoms with Crippen LogP contribution in [0.2, 0.25) is 0 Å². The minimum absolute atomic E-state index is 0.0726. The van der Waals surface area contributed by atoms with E-state index in [0.29, 0.717) is 18.9 Å². The van der Waals surface area contributed by atoms with Crippen LogP contribution in [-0.4, -0.2) is 36.6 Å². The van der Waals surface area contributed by atoms with Gasteiger partial charge < -0.3 is 15.2 Å². The fourth-order valence-electron chi connectivity index (χ4n) is 1.18. The van der Waals surface area contributed by atoms with Gasteiger partial charge in [-0.3, -0.25) is 4.99 Å². The van der Waals surface area contributed by atoms with Crippen LogP contribution in [0.5, 0.6) is 0 Å². The molecule has 1 aliphatic heterocycles. The van der Waals surface area contributed by atoms with E-state index in [1.165, 1.54) is 6.92 Å². The van der Waals surface area contributed by atoms with Crippen LogP contribution in [0.3, 0.4) is 0 Å². The van der Waals surface area contributed by atoms with E-state index in [0.717, 1.165) is 0 Å². The van der Waals surface area contributed by atoms with E-state index >= 15 is 0 Å². The topological polar surface area (TPSA) is 70.9 Å². The molecule has 0 aromatic heterocycles. The van der Waals surface area contributed by atoms with Gasteiger partial charge in [0.05, 0.1) is 13.2 Å². The predicted molar refractivity (Wildman–Crippen MR) is 52.3 cm³/mol. The molecule has 0 unspecified atom stereocenters. The fourth-order valence-corrected chi connectivity index (χ4v) is 1.18. The Labute approximate surface area is 82.5 Å². The molecular formula is C9H14N2O3. The molecular weight excluding hydrogens is 184 g/mol. The Hall–Kier alpha value is -1.52. The van der Waals surface area contributed by atoms with Crippen molar-refractivity contribution in [3.8, 4) is 0 Å². The van der Waals surface area contributed by atoms with E-state index in [2.05, 4.69) is 10.3 Å². The standard InChI is InChI=1S/C9H14N2O3/c1-3-14-9(13)7(6(2)12)8-10-4-5-11-8/h12H,3-5H2,1-2H3,(H,10,11)/b7-6+. The molecule has 0 aromatic rings. The summed E-state index contributed by atoms with van der Waals surface area (Å²) in [6.07, 6.45) is 0. The van der Waals surface area contributed by atoms with Crippen LogP contribution >= 0.6 is 0 Å². The maximum atomic E-state index is 11.4. The normalized spacial score (nSPS) is 16.9. The summed E-state index contributed by atoms with van der Waals surface area (Å²) in [7, 11) is 0. The number of hydrogen-bond acceptors (Lipinski definition) is 5. The summed E-state index contributed by atoms with van der Waals surface area (Å²) in [5.41, 5.74) is 0.129. The largest absolute Gasteiger partial charge is 0.512 e. The van der Waals surface area contributed by atoms with Gasteiger partial charge in [-0.05, 0) is 13.8 Å². The summed E-state index contributed by atoms with van der Waals surface area (Å²) < 4.78 is 4.80. The van der Waals surface area contributed by atoms with Crippen molar-refractivity contribution in [2.75, 3.05) is 19.7 Å². The Morgan fingerprint density at radius 2 is 2.43 bits per heavy atom. The van der Waals surface area contributed by atoms with Crippen LogP contribution in [0.4, 0.5) is 0 Å². The third-order valence-corrected chi connectivity index (χ3v) is 1.75. The summed E-state index contributed by atoms with van der Waals surface area (Å²) in [4.78, 5) is 15.5. The number of aliphatic imine (C=N–C) groups is 1. The number of allylic oxidation sites excluding steroid dienone is 1. The number of esters is 1. The highest BCUT2D eigenvalue weighted by Gasteiger charge is 2.22. The molecule has 1 heterocycles. The highest BCUT2D eigenvalue weighted by Crippen LogP contribution is 2.07.